The second-order valence-corrected chi connectivity index (χ2v) is 4.54. The summed E-state index contributed by atoms with van der Waals surface area (Å²) < 4.78 is 36.7. The van der Waals surface area contributed by atoms with Crippen LogP contribution in [0.5, 0.6) is 0 Å². The number of nitrogens with two attached hydrogens (primary N) is 1. The smallest absolute Gasteiger partial charge is 0.383 e. The van der Waals surface area contributed by atoms with Crippen molar-refractivity contribution >= 4 is 11.6 Å². The first kappa shape index (κ1) is 14.5. The molecule has 7 heteroatoms. The van der Waals surface area contributed by atoms with Gasteiger partial charge in [-0.25, -0.2) is 9.97 Å². The molecule has 1 unspecified atom stereocenters. The summed E-state index contributed by atoms with van der Waals surface area (Å²) in [4.78, 5) is 7.81. The van der Waals surface area contributed by atoms with Crippen molar-refractivity contribution in [2.24, 2.45) is 0 Å². The van der Waals surface area contributed by atoms with Gasteiger partial charge in [0.2, 0.25) is 0 Å². The lowest BCUT2D eigenvalue weighted by molar-refractivity contribution is -0.136. The Balaban J connectivity index is 2.88. The Hall–Kier alpha value is -1.53. The molecule has 4 nitrogen and oxygen atoms in total. The first-order chi connectivity index (χ1) is 8.20. The number of rotatable bonds is 4. The zero-order chi connectivity index (χ0) is 13.9. The highest BCUT2D eigenvalue weighted by Crippen LogP contribution is 2.28. The van der Waals surface area contributed by atoms with Crippen LogP contribution in [0.25, 0.3) is 0 Å². The molecule has 1 aromatic rings. The van der Waals surface area contributed by atoms with E-state index in [0.717, 1.165) is 0 Å². The average Bonchev–Trinajstić information content (AvgIpc) is 2.13. The fraction of sp³-hybridized carbons (Fsp3) is 0.636. The van der Waals surface area contributed by atoms with Gasteiger partial charge >= 0.3 is 6.18 Å². The van der Waals surface area contributed by atoms with Gasteiger partial charge in [-0.1, -0.05) is 13.8 Å². The summed E-state index contributed by atoms with van der Waals surface area (Å²) in [6, 6.07) is -0.767. The predicted molar refractivity (Wildman–Crippen MR) is 64.3 cm³/mol. The summed E-state index contributed by atoms with van der Waals surface area (Å²) >= 11 is 0. The Labute approximate surface area is 104 Å². The molecule has 1 atom stereocenters. The Morgan fingerprint density at radius 2 is 1.89 bits per heavy atom. The number of alkyl halides is 3. The van der Waals surface area contributed by atoms with Crippen molar-refractivity contribution in [3.8, 4) is 0 Å². The Morgan fingerprint density at radius 3 is 2.39 bits per heavy atom. The van der Waals surface area contributed by atoms with Gasteiger partial charge in [0.05, 0.1) is 6.42 Å². The second-order valence-electron chi connectivity index (χ2n) is 4.54. The number of halogens is 3. The summed E-state index contributed by atoms with van der Waals surface area (Å²) in [5.74, 6) is 0.697. The molecule has 0 spiro atoms. The summed E-state index contributed by atoms with van der Waals surface area (Å²) in [7, 11) is 0. The van der Waals surface area contributed by atoms with Crippen LogP contribution in [0.15, 0.2) is 6.33 Å². The van der Waals surface area contributed by atoms with E-state index in [0.29, 0.717) is 17.2 Å². The first-order valence-electron chi connectivity index (χ1n) is 5.64. The van der Waals surface area contributed by atoms with Gasteiger partial charge in [0.15, 0.2) is 0 Å². The van der Waals surface area contributed by atoms with Crippen molar-refractivity contribution in [3.63, 3.8) is 0 Å². The molecule has 1 rings (SSSR count). The van der Waals surface area contributed by atoms with Gasteiger partial charge in [-0.2, -0.15) is 13.2 Å². The lowest BCUT2D eigenvalue weighted by Crippen LogP contribution is -2.25. The molecule has 18 heavy (non-hydrogen) atoms. The van der Waals surface area contributed by atoms with Crippen LogP contribution in [0, 0.1) is 0 Å². The van der Waals surface area contributed by atoms with E-state index in [1.807, 2.05) is 13.8 Å². The van der Waals surface area contributed by atoms with Gasteiger partial charge in [0.25, 0.3) is 0 Å². The molecule has 0 bridgehead atoms. The predicted octanol–water partition coefficient (Wildman–Crippen LogP) is 2.94. The highest BCUT2D eigenvalue weighted by Gasteiger charge is 2.30. The second kappa shape index (κ2) is 5.41. The van der Waals surface area contributed by atoms with Crippen LogP contribution >= 0.6 is 0 Å². The van der Waals surface area contributed by atoms with E-state index in [9.17, 15) is 13.2 Å². The highest BCUT2D eigenvalue weighted by atomic mass is 19.4. The summed E-state index contributed by atoms with van der Waals surface area (Å²) in [6.07, 6.45) is -3.89. The Morgan fingerprint density at radius 1 is 1.28 bits per heavy atom. The molecule has 0 saturated heterocycles. The summed E-state index contributed by atoms with van der Waals surface area (Å²) in [5.41, 5.74) is 6.36. The summed E-state index contributed by atoms with van der Waals surface area (Å²) in [6.45, 7) is 5.22. The molecule has 0 aliphatic carbocycles. The van der Waals surface area contributed by atoms with E-state index in [1.54, 1.807) is 0 Å². The first-order valence-corrected chi connectivity index (χ1v) is 5.64. The molecule has 0 aliphatic heterocycles. The number of aromatic nitrogens is 2. The van der Waals surface area contributed by atoms with Crippen LogP contribution in [0.3, 0.4) is 0 Å². The zero-order valence-corrected chi connectivity index (χ0v) is 10.5. The minimum Gasteiger partial charge on any atom is -0.383 e. The van der Waals surface area contributed by atoms with E-state index in [2.05, 4.69) is 15.3 Å². The van der Waals surface area contributed by atoms with Crippen LogP contribution in [0.1, 0.15) is 38.7 Å². The number of nitrogen functional groups attached to an aromatic ring is 1. The quantitative estimate of drug-likeness (QED) is 0.875. The van der Waals surface area contributed by atoms with Crippen LogP contribution in [-0.4, -0.2) is 22.2 Å². The van der Waals surface area contributed by atoms with Crippen LogP contribution in [-0.2, 0) is 0 Å². The molecule has 0 radical (unpaired) electrons. The van der Waals surface area contributed by atoms with Crippen LogP contribution < -0.4 is 11.1 Å². The fourth-order valence-electron chi connectivity index (χ4n) is 1.73. The van der Waals surface area contributed by atoms with Gasteiger partial charge in [-0.3, -0.25) is 0 Å². The lowest BCUT2D eigenvalue weighted by Gasteiger charge is -2.20. The van der Waals surface area contributed by atoms with E-state index in [-0.39, 0.29) is 5.92 Å². The van der Waals surface area contributed by atoms with Gasteiger partial charge in [-0.15, -0.1) is 0 Å². The molecule has 0 aliphatic rings. The maximum Gasteiger partial charge on any atom is 0.391 e. The molecule has 0 amide bonds. The van der Waals surface area contributed by atoms with Crippen molar-refractivity contribution in [2.75, 3.05) is 11.1 Å². The normalized spacial score (nSPS) is 13.7. The monoisotopic (exact) mass is 262 g/mol. The number of nitrogens with one attached hydrogen (secondary N) is 1. The van der Waals surface area contributed by atoms with E-state index < -0.39 is 18.6 Å². The van der Waals surface area contributed by atoms with E-state index in [4.69, 9.17) is 5.73 Å². The van der Waals surface area contributed by atoms with Gasteiger partial charge in [0.1, 0.15) is 18.0 Å². The minimum absolute atomic E-state index is 0.0341. The van der Waals surface area contributed by atoms with Crippen molar-refractivity contribution in [2.45, 2.75) is 45.3 Å². The summed E-state index contributed by atoms with van der Waals surface area (Å²) in [5, 5.41) is 2.74. The fourth-order valence-corrected chi connectivity index (χ4v) is 1.73. The third kappa shape index (κ3) is 4.05. The van der Waals surface area contributed by atoms with E-state index in [1.165, 1.54) is 13.3 Å². The number of anilines is 2. The molecule has 0 saturated carbocycles. The Bertz CT molecular complexity index is 404. The van der Waals surface area contributed by atoms with Crippen molar-refractivity contribution < 1.29 is 13.2 Å². The number of hydrogen-bond donors (Lipinski definition) is 2. The van der Waals surface area contributed by atoms with Crippen molar-refractivity contribution in [1.29, 1.82) is 0 Å². The third-order valence-corrected chi connectivity index (χ3v) is 2.41. The molecule has 1 heterocycles. The molecular formula is C11H17F3N4. The minimum atomic E-state index is -4.21. The van der Waals surface area contributed by atoms with Gasteiger partial charge < -0.3 is 11.1 Å². The SMILES string of the molecule is CC(CC(F)(F)F)Nc1ncnc(N)c1C(C)C. The maximum absolute atomic E-state index is 12.2. The molecule has 1 aromatic heterocycles. The third-order valence-electron chi connectivity index (χ3n) is 2.41. The molecule has 0 aromatic carbocycles. The largest absolute Gasteiger partial charge is 0.391 e. The van der Waals surface area contributed by atoms with E-state index >= 15 is 0 Å². The van der Waals surface area contributed by atoms with Gasteiger partial charge in [-0.05, 0) is 12.8 Å². The molecular weight excluding hydrogens is 245 g/mol. The molecule has 0 fully saturated rings. The van der Waals surface area contributed by atoms with Crippen LogP contribution in [0.2, 0.25) is 0 Å². The lowest BCUT2D eigenvalue weighted by atomic mass is 10.0. The standard InChI is InChI=1S/C11H17F3N4/c1-6(2)8-9(15)16-5-17-10(8)18-7(3)4-11(12,13)14/h5-7H,4H2,1-3H3,(H3,15,16,17,18). The highest BCUT2D eigenvalue weighted by molar-refractivity contribution is 5.56. The van der Waals surface area contributed by atoms with Gasteiger partial charge in [0, 0.05) is 11.6 Å². The maximum atomic E-state index is 12.2. The topological polar surface area (TPSA) is 63.8 Å². The zero-order valence-electron chi connectivity index (χ0n) is 10.5. The molecule has 3 N–H and O–H groups in total. The van der Waals surface area contributed by atoms with Crippen molar-refractivity contribution in [1.82, 2.24) is 9.97 Å². The average molecular weight is 262 g/mol. The molecule has 102 valence electrons. The van der Waals surface area contributed by atoms with Crippen LogP contribution in [0.4, 0.5) is 24.8 Å². The number of hydrogen-bond acceptors (Lipinski definition) is 4. The van der Waals surface area contributed by atoms with Crippen molar-refractivity contribution in [3.05, 3.63) is 11.9 Å². The number of nitrogens with zero attached hydrogens (tertiary/aromatic N) is 2. The Kier molecular flexibility index (Phi) is 4.37.